The van der Waals surface area contributed by atoms with Gasteiger partial charge in [0.2, 0.25) is 5.89 Å². The Kier molecular flexibility index (Phi) is 3.28. The molecule has 20 heavy (non-hydrogen) atoms. The minimum atomic E-state index is 0.251. The second-order valence-electron chi connectivity index (χ2n) is 5.24. The molecule has 2 heterocycles. The van der Waals surface area contributed by atoms with E-state index in [1.165, 1.54) is 5.39 Å². The fraction of sp³-hybridized carbons (Fsp3) is 0.333. The van der Waals surface area contributed by atoms with E-state index in [-0.39, 0.29) is 5.92 Å². The topological polar surface area (TPSA) is 69.9 Å². The van der Waals surface area contributed by atoms with Crippen LogP contribution in [-0.2, 0) is 13.1 Å². The Morgan fingerprint density at radius 2 is 2.15 bits per heavy atom. The summed E-state index contributed by atoms with van der Waals surface area (Å²) < 4.78 is 7.35. The average molecular weight is 270 g/mol. The Hall–Kier alpha value is -2.14. The molecule has 0 bridgehead atoms. The van der Waals surface area contributed by atoms with Crippen LogP contribution >= 0.6 is 0 Å². The van der Waals surface area contributed by atoms with Crippen LogP contribution in [0.3, 0.4) is 0 Å². The molecule has 0 radical (unpaired) electrons. The molecule has 0 atom stereocenters. The monoisotopic (exact) mass is 270 g/mol. The normalized spacial score (nSPS) is 11.6. The molecule has 5 heteroatoms. The summed E-state index contributed by atoms with van der Waals surface area (Å²) in [6.45, 7) is 5.22. The molecule has 0 fully saturated rings. The molecule has 5 nitrogen and oxygen atoms in total. The molecular weight excluding hydrogens is 252 g/mol. The van der Waals surface area contributed by atoms with Gasteiger partial charge in [-0.25, -0.2) is 0 Å². The number of hydrogen-bond acceptors (Lipinski definition) is 4. The van der Waals surface area contributed by atoms with Crippen LogP contribution in [0.5, 0.6) is 0 Å². The quantitative estimate of drug-likeness (QED) is 0.791. The van der Waals surface area contributed by atoms with Crippen molar-refractivity contribution in [3.63, 3.8) is 0 Å². The first-order valence-corrected chi connectivity index (χ1v) is 6.77. The number of hydrogen-bond donors (Lipinski definition) is 1. The third-order valence-electron chi connectivity index (χ3n) is 3.36. The lowest BCUT2D eigenvalue weighted by Crippen LogP contribution is -2.01. The van der Waals surface area contributed by atoms with Crippen molar-refractivity contribution in [1.82, 2.24) is 14.7 Å². The first-order valence-electron chi connectivity index (χ1n) is 6.77. The molecule has 1 aromatic carbocycles. The lowest BCUT2D eigenvalue weighted by molar-refractivity contribution is 0.360. The molecule has 0 aliphatic rings. The molecule has 0 spiro atoms. The van der Waals surface area contributed by atoms with Gasteiger partial charge in [0.1, 0.15) is 0 Å². The summed E-state index contributed by atoms with van der Waals surface area (Å²) in [4.78, 5) is 4.41. The van der Waals surface area contributed by atoms with Crippen molar-refractivity contribution in [2.24, 2.45) is 5.73 Å². The number of rotatable bonds is 4. The van der Waals surface area contributed by atoms with E-state index in [9.17, 15) is 0 Å². The van der Waals surface area contributed by atoms with Crippen molar-refractivity contribution in [2.45, 2.75) is 32.9 Å². The van der Waals surface area contributed by atoms with Crippen LogP contribution in [0.15, 0.2) is 35.0 Å². The van der Waals surface area contributed by atoms with Gasteiger partial charge in [-0.05, 0) is 23.1 Å². The van der Waals surface area contributed by atoms with Crippen molar-refractivity contribution >= 4 is 10.9 Å². The Bertz CT molecular complexity index is 726. The molecule has 0 aliphatic carbocycles. The Labute approximate surface area is 117 Å². The first-order chi connectivity index (χ1) is 9.67. The van der Waals surface area contributed by atoms with Crippen molar-refractivity contribution < 1.29 is 4.52 Å². The molecule has 0 saturated carbocycles. The van der Waals surface area contributed by atoms with E-state index in [0.717, 1.165) is 11.1 Å². The summed E-state index contributed by atoms with van der Waals surface area (Å²) in [6, 6.07) is 8.33. The second kappa shape index (κ2) is 5.09. The van der Waals surface area contributed by atoms with Gasteiger partial charge in [0.15, 0.2) is 5.82 Å². The zero-order valence-electron chi connectivity index (χ0n) is 11.7. The average Bonchev–Trinajstić information content (AvgIpc) is 3.06. The number of nitrogens with two attached hydrogens (primary N) is 1. The van der Waals surface area contributed by atoms with E-state index < -0.39 is 0 Å². The van der Waals surface area contributed by atoms with Crippen LogP contribution in [0, 0.1) is 0 Å². The number of fused-ring (bicyclic) bond motifs is 1. The molecule has 0 aliphatic heterocycles. The van der Waals surface area contributed by atoms with E-state index in [1.54, 1.807) is 0 Å². The highest BCUT2D eigenvalue weighted by Gasteiger charge is 2.11. The Morgan fingerprint density at radius 1 is 1.30 bits per heavy atom. The van der Waals surface area contributed by atoms with Crippen LogP contribution in [0.1, 0.15) is 37.0 Å². The molecule has 104 valence electrons. The summed E-state index contributed by atoms with van der Waals surface area (Å²) in [6.07, 6.45) is 2.04. The zero-order valence-corrected chi connectivity index (χ0v) is 11.7. The first kappa shape index (κ1) is 12.9. The summed E-state index contributed by atoms with van der Waals surface area (Å²) in [5.41, 5.74) is 7.96. The van der Waals surface area contributed by atoms with E-state index in [2.05, 4.69) is 39.0 Å². The van der Waals surface area contributed by atoms with Gasteiger partial charge in [0.25, 0.3) is 0 Å². The molecular formula is C15H18N4O. The number of nitrogens with zero attached hydrogens (tertiary/aromatic N) is 3. The van der Waals surface area contributed by atoms with Crippen LogP contribution in [0.25, 0.3) is 10.9 Å². The van der Waals surface area contributed by atoms with Gasteiger partial charge in [-0.3, -0.25) is 0 Å². The smallest absolute Gasteiger partial charge is 0.229 e. The van der Waals surface area contributed by atoms with Gasteiger partial charge in [-0.15, -0.1) is 0 Å². The molecule has 0 amide bonds. The molecule has 0 saturated heterocycles. The highest BCUT2D eigenvalue weighted by molar-refractivity contribution is 5.80. The highest BCUT2D eigenvalue weighted by atomic mass is 16.5. The lowest BCUT2D eigenvalue weighted by Gasteiger charge is -2.03. The SMILES string of the molecule is CC(C)c1nc(Cn2ccc3ccc(CN)cc32)no1. The Morgan fingerprint density at radius 3 is 2.85 bits per heavy atom. The van der Waals surface area contributed by atoms with Crippen molar-refractivity contribution in [2.75, 3.05) is 0 Å². The van der Waals surface area contributed by atoms with Gasteiger partial charge in [0.05, 0.1) is 6.54 Å². The lowest BCUT2D eigenvalue weighted by atomic mass is 10.1. The molecule has 0 unspecified atom stereocenters. The second-order valence-corrected chi connectivity index (χ2v) is 5.24. The van der Waals surface area contributed by atoms with Gasteiger partial charge in [-0.1, -0.05) is 31.1 Å². The predicted molar refractivity (Wildman–Crippen MR) is 77.3 cm³/mol. The van der Waals surface area contributed by atoms with E-state index >= 15 is 0 Å². The van der Waals surface area contributed by atoms with Crippen molar-refractivity contribution in [3.05, 3.63) is 47.7 Å². The van der Waals surface area contributed by atoms with Crippen LogP contribution in [0.2, 0.25) is 0 Å². The Balaban J connectivity index is 1.93. The minimum absolute atomic E-state index is 0.251. The summed E-state index contributed by atoms with van der Waals surface area (Å²) in [5, 5.41) is 5.22. The van der Waals surface area contributed by atoms with Gasteiger partial charge in [0, 0.05) is 24.2 Å². The van der Waals surface area contributed by atoms with E-state index in [0.29, 0.717) is 24.8 Å². The summed E-state index contributed by atoms with van der Waals surface area (Å²) in [7, 11) is 0. The van der Waals surface area contributed by atoms with Crippen molar-refractivity contribution in [1.29, 1.82) is 0 Å². The minimum Gasteiger partial charge on any atom is -0.340 e. The predicted octanol–water partition coefficient (Wildman–Crippen LogP) is 2.65. The molecule has 3 rings (SSSR count). The van der Waals surface area contributed by atoms with Gasteiger partial charge < -0.3 is 14.8 Å². The largest absolute Gasteiger partial charge is 0.340 e. The molecule has 2 aromatic heterocycles. The zero-order chi connectivity index (χ0) is 14.1. The maximum absolute atomic E-state index is 5.70. The van der Waals surface area contributed by atoms with Gasteiger partial charge >= 0.3 is 0 Å². The van der Waals surface area contributed by atoms with Crippen LogP contribution in [-0.4, -0.2) is 14.7 Å². The van der Waals surface area contributed by atoms with Crippen LogP contribution in [0.4, 0.5) is 0 Å². The molecule has 3 aromatic rings. The van der Waals surface area contributed by atoms with E-state index in [4.69, 9.17) is 10.3 Å². The number of aromatic nitrogens is 3. The fourth-order valence-electron chi connectivity index (χ4n) is 2.21. The van der Waals surface area contributed by atoms with Crippen molar-refractivity contribution in [3.8, 4) is 0 Å². The summed E-state index contributed by atoms with van der Waals surface area (Å²) >= 11 is 0. The number of benzene rings is 1. The van der Waals surface area contributed by atoms with Gasteiger partial charge in [-0.2, -0.15) is 4.98 Å². The maximum atomic E-state index is 5.70. The summed E-state index contributed by atoms with van der Waals surface area (Å²) in [5.74, 6) is 1.63. The maximum Gasteiger partial charge on any atom is 0.229 e. The third kappa shape index (κ3) is 2.32. The van der Waals surface area contributed by atoms with Crippen LogP contribution < -0.4 is 5.73 Å². The third-order valence-corrected chi connectivity index (χ3v) is 3.36. The highest BCUT2D eigenvalue weighted by Crippen LogP contribution is 2.19. The van der Waals surface area contributed by atoms with E-state index in [1.807, 2.05) is 20.0 Å². The standard InChI is InChI=1S/C15H18N4O/c1-10(2)15-17-14(18-20-15)9-19-6-5-12-4-3-11(8-16)7-13(12)19/h3-7,10H,8-9,16H2,1-2H3. The fourth-order valence-corrected chi connectivity index (χ4v) is 2.21. The molecule has 2 N–H and O–H groups in total.